The maximum absolute atomic E-state index is 6.87. The van der Waals surface area contributed by atoms with Crippen molar-refractivity contribution in [2.75, 3.05) is 4.90 Å². The fraction of sp³-hybridized carbons (Fsp3) is 0.0154. The number of fused-ring (bicyclic) bond motifs is 11. The van der Waals surface area contributed by atoms with Crippen molar-refractivity contribution < 1.29 is 4.42 Å². The van der Waals surface area contributed by atoms with Crippen molar-refractivity contribution in [2.24, 2.45) is 0 Å². The van der Waals surface area contributed by atoms with Crippen LogP contribution in [-0.4, -0.2) is 4.57 Å². The standard InChI is InChI=1S/C65H42N2O/c1-4-18-46(19-5-1)65(47-20-6-2-7-21-47)57-27-14-12-26-55(57)63-58(65)28-16-30-61(63)66(50-37-39-53-54-38-33-44-17-10-11-24-51(44)64(54)68-62(53)42-50)49-35-31-43(32-36-49)45-34-40-60-56(41-45)52-25-13-15-29-59(52)67(60)48-22-8-3-9-23-48/h1-42H. The van der Waals surface area contributed by atoms with Gasteiger partial charge < -0.3 is 13.9 Å². The molecule has 0 N–H and O–H groups in total. The molecule has 0 aliphatic heterocycles. The van der Waals surface area contributed by atoms with Crippen molar-refractivity contribution in [1.29, 1.82) is 0 Å². The van der Waals surface area contributed by atoms with E-state index in [-0.39, 0.29) is 0 Å². The van der Waals surface area contributed by atoms with Crippen molar-refractivity contribution in [3.63, 3.8) is 0 Å². The topological polar surface area (TPSA) is 21.3 Å². The van der Waals surface area contributed by atoms with Crippen LogP contribution in [-0.2, 0) is 5.41 Å². The number of rotatable bonds is 7. The number of nitrogens with zero attached hydrogens (tertiary/aromatic N) is 2. The molecule has 0 amide bonds. The van der Waals surface area contributed by atoms with Crippen LogP contribution in [0.15, 0.2) is 259 Å². The highest BCUT2D eigenvalue weighted by molar-refractivity contribution is 6.16. The zero-order valence-corrected chi connectivity index (χ0v) is 37.1. The van der Waals surface area contributed by atoms with Gasteiger partial charge in [0.25, 0.3) is 0 Å². The van der Waals surface area contributed by atoms with Crippen LogP contribution in [0.2, 0.25) is 0 Å². The molecule has 0 radical (unpaired) electrons. The summed E-state index contributed by atoms with van der Waals surface area (Å²) in [6.45, 7) is 0. The van der Waals surface area contributed by atoms with Crippen LogP contribution in [0.5, 0.6) is 0 Å². The lowest BCUT2D eigenvalue weighted by atomic mass is 9.68. The van der Waals surface area contributed by atoms with Gasteiger partial charge in [-0.3, -0.25) is 0 Å². The molecule has 0 spiro atoms. The van der Waals surface area contributed by atoms with Crippen molar-refractivity contribution in [3.8, 4) is 27.9 Å². The Morgan fingerprint density at radius 1 is 0.382 bits per heavy atom. The maximum atomic E-state index is 6.87. The van der Waals surface area contributed by atoms with E-state index in [2.05, 4.69) is 264 Å². The molecule has 0 unspecified atom stereocenters. The van der Waals surface area contributed by atoms with Gasteiger partial charge in [-0.05, 0) is 111 Å². The molecule has 0 fully saturated rings. The van der Waals surface area contributed by atoms with E-state index in [0.29, 0.717) is 0 Å². The van der Waals surface area contributed by atoms with Gasteiger partial charge in [0.05, 0.1) is 22.1 Å². The third-order valence-electron chi connectivity index (χ3n) is 14.5. The third kappa shape index (κ3) is 5.60. The van der Waals surface area contributed by atoms with Gasteiger partial charge in [-0.15, -0.1) is 0 Å². The molecule has 1 aliphatic rings. The van der Waals surface area contributed by atoms with Crippen LogP contribution in [0.3, 0.4) is 0 Å². The summed E-state index contributed by atoms with van der Waals surface area (Å²) in [6.07, 6.45) is 0. The first kappa shape index (κ1) is 38.4. The number of furan rings is 1. The molecule has 14 rings (SSSR count). The lowest BCUT2D eigenvalue weighted by Gasteiger charge is -2.34. The Morgan fingerprint density at radius 3 is 1.79 bits per heavy atom. The van der Waals surface area contributed by atoms with Gasteiger partial charge in [-0.1, -0.05) is 182 Å². The lowest BCUT2D eigenvalue weighted by molar-refractivity contribution is 0.672. The number of para-hydroxylation sites is 2. The summed E-state index contributed by atoms with van der Waals surface area (Å²) in [7, 11) is 0. The van der Waals surface area contributed by atoms with Gasteiger partial charge in [0, 0.05) is 55.6 Å². The zero-order valence-electron chi connectivity index (χ0n) is 37.1. The van der Waals surface area contributed by atoms with E-state index in [4.69, 9.17) is 4.42 Å². The summed E-state index contributed by atoms with van der Waals surface area (Å²) in [5, 5.41) is 6.98. The van der Waals surface area contributed by atoms with E-state index in [1.54, 1.807) is 0 Å². The average Bonchev–Trinajstić information content (AvgIpc) is 4.06. The Hall–Kier alpha value is -8.92. The molecule has 2 heterocycles. The largest absolute Gasteiger partial charge is 0.455 e. The van der Waals surface area contributed by atoms with Gasteiger partial charge in [0.1, 0.15) is 11.2 Å². The first-order valence-corrected chi connectivity index (χ1v) is 23.4. The van der Waals surface area contributed by atoms with Crippen molar-refractivity contribution in [3.05, 3.63) is 277 Å². The van der Waals surface area contributed by atoms with E-state index in [0.717, 1.165) is 55.6 Å². The highest BCUT2D eigenvalue weighted by Gasteiger charge is 2.47. The van der Waals surface area contributed by atoms with Crippen LogP contribution >= 0.6 is 0 Å². The molecule has 2 aromatic heterocycles. The molecule has 3 heteroatoms. The zero-order chi connectivity index (χ0) is 44.8. The van der Waals surface area contributed by atoms with Gasteiger partial charge >= 0.3 is 0 Å². The molecule has 1 aliphatic carbocycles. The minimum atomic E-state index is -0.536. The molecule has 318 valence electrons. The van der Waals surface area contributed by atoms with E-state index < -0.39 is 5.41 Å². The minimum absolute atomic E-state index is 0.536. The quantitative estimate of drug-likeness (QED) is 0.159. The summed E-state index contributed by atoms with van der Waals surface area (Å²) in [5.41, 5.74) is 17.8. The van der Waals surface area contributed by atoms with E-state index >= 15 is 0 Å². The second-order valence-electron chi connectivity index (χ2n) is 18.0. The fourth-order valence-corrected chi connectivity index (χ4v) is 11.5. The van der Waals surface area contributed by atoms with E-state index in [9.17, 15) is 0 Å². The summed E-state index contributed by atoms with van der Waals surface area (Å²) in [6, 6.07) is 93.0. The van der Waals surface area contributed by atoms with Gasteiger partial charge in [0.15, 0.2) is 0 Å². The molecule has 68 heavy (non-hydrogen) atoms. The summed E-state index contributed by atoms with van der Waals surface area (Å²) < 4.78 is 9.24. The van der Waals surface area contributed by atoms with Gasteiger partial charge in [-0.25, -0.2) is 0 Å². The molecule has 13 aromatic rings. The Balaban J connectivity index is 0.979. The molecule has 0 saturated carbocycles. The Bertz CT molecular complexity index is 4030. The maximum Gasteiger partial charge on any atom is 0.143 e. The molecule has 3 nitrogen and oxygen atoms in total. The normalized spacial score (nSPS) is 12.8. The first-order valence-electron chi connectivity index (χ1n) is 23.4. The minimum Gasteiger partial charge on any atom is -0.455 e. The smallest absolute Gasteiger partial charge is 0.143 e. The number of aromatic nitrogens is 1. The predicted octanol–water partition coefficient (Wildman–Crippen LogP) is 17.3. The lowest BCUT2D eigenvalue weighted by Crippen LogP contribution is -2.28. The Kier molecular flexibility index (Phi) is 8.50. The third-order valence-corrected chi connectivity index (χ3v) is 14.5. The van der Waals surface area contributed by atoms with Gasteiger partial charge in [-0.2, -0.15) is 0 Å². The van der Waals surface area contributed by atoms with Crippen LogP contribution < -0.4 is 4.90 Å². The summed E-state index contributed by atoms with van der Waals surface area (Å²) in [4.78, 5) is 2.44. The van der Waals surface area contributed by atoms with Crippen molar-refractivity contribution in [1.82, 2.24) is 4.57 Å². The first-order chi connectivity index (χ1) is 33.7. The Morgan fingerprint density at radius 2 is 1.00 bits per heavy atom. The summed E-state index contributed by atoms with van der Waals surface area (Å²) >= 11 is 0. The van der Waals surface area contributed by atoms with E-state index in [1.165, 1.54) is 66.1 Å². The molecular weight excluding hydrogens is 825 g/mol. The van der Waals surface area contributed by atoms with Crippen LogP contribution in [0.1, 0.15) is 22.3 Å². The molecule has 0 saturated heterocycles. The van der Waals surface area contributed by atoms with Crippen LogP contribution in [0.4, 0.5) is 17.1 Å². The number of hydrogen-bond acceptors (Lipinski definition) is 2. The van der Waals surface area contributed by atoms with Crippen LogP contribution in [0, 0.1) is 0 Å². The SMILES string of the molecule is c1ccc(-n2c3ccccc3c3cc(-c4ccc(N(c5ccc6c(c5)oc5c7ccccc7ccc65)c5cccc6c5-c5ccccc5C6(c5ccccc5)c5ccccc5)cc4)ccc32)cc1. The predicted molar refractivity (Wildman–Crippen MR) is 283 cm³/mol. The number of anilines is 3. The average molecular weight is 867 g/mol. The van der Waals surface area contributed by atoms with Crippen LogP contribution in [0.25, 0.3) is 82.5 Å². The second kappa shape index (κ2) is 15.1. The van der Waals surface area contributed by atoms with Gasteiger partial charge in [0.2, 0.25) is 0 Å². The second-order valence-corrected chi connectivity index (χ2v) is 18.0. The Labute approximate surface area is 394 Å². The number of hydrogen-bond donors (Lipinski definition) is 0. The molecule has 0 atom stereocenters. The highest BCUT2D eigenvalue weighted by atomic mass is 16.3. The fourth-order valence-electron chi connectivity index (χ4n) is 11.5. The van der Waals surface area contributed by atoms with Crippen molar-refractivity contribution >= 4 is 71.6 Å². The highest BCUT2D eigenvalue weighted by Crippen LogP contribution is 2.59. The molecule has 0 bridgehead atoms. The molecular formula is C65H42N2O. The van der Waals surface area contributed by atoms with E-state index in [1.807, 2.05) is 0 Å². The summed E-state index contributed by atoms with van der Waals surface area (Å²) in [5.74, 6) is 0. The molecule has 11 aromatic carbocycles. The number of benzene rings is 11. The monoisotopic (exact) mass is 866 g/mol. The van der Waals surface area contributed by atoms with Crippen molar-refractivity contribution in [2.45, 2.75) is 5.41 Å².